The summed E-state index contributed by atoms with van der Waals surface area (Å²) in [4.78, 5) is 27.1. The maximum atomic E-state index is 11.6. The number of hydrogen-bond acceptors (Lipinski definition) is 4. The molecule has 1 heterocycles. The van der Waals surface area contributed by atoms with Crippen molar-refractivity contribution in [2.45, 2.75) is 31.9 Å². The van der Waals surface area contributed by atoms with Gasteiger partial charge in [0, 0.05) is 18.3 Å². The molecule has 1 atom stereocenters. The topological polar surface area (TPSA) is 68.3 Å². The average molecular weight is 260 g/mol. The van der Waals surface area contributed by atoms with Crippen LogP contribution in [0.25, 0.3) is 6.08 Å². The highest BCUT2D eigenvalue weighted by atomic mass is 16.5. The largest absolute Gasteiger partial charge is 0.449 e. The number of nitrogens with one attached hydrogen (secondary N) is 1. The Balaban J connectivity index is 1.79. The first-order valence-corrected chi connectivity index (χ1v) is 6.25. The zero-order valence-corrected chi connectivity index (χ0v) is 10.7. The number of pyridine rings is 1. The second kappa shape index (κ2) is 6.13. The van der Waals surface area contributed by atoms with Crippen molar-refractivity contribution < 1.29 is 14.3 Å². The second-order valence-corrected chi connectivity index (χ2v) is 4.45. The van der Waals surface area contributed by atoms with Gasteiger partial charge in [-0.05, 0) is 38.0 Å². The van der Waals surface area contributed by atoms with Crippen molar-refractivity contribution in [1.82, 2.24) is 10.3 Å². The van der Waals surface area contributed by atoms with Gasteiger partial charge in [0.1, 0.15) is 0 Å². The van der Waals surface area contributed by atoms with Crippen molar-refractivity contribution in [3.63, 3.8) is 0 Å². The lowest BCUT2D eigenvalue weighted by Crippen LogP contribution is -2.36. The zero-order chi connectivity index (χ0) is 13.7. The number of carbonyl (C=O) groups excluding carboxylic acids is 2. The predicted octanol–water partition coefficient (Wildman–Crippen LogP) is 1.31. The van der Waals surface area contributed by atoms with Crippen LogP contribution in [-0.4, -0.2) is 29.0 Å². The van der Waals surface area contributed by atoms with Crippen LogP contribution in [0.1, 0.15) is 25.5 Å². The molecule has 0 radical (unpaired) electrons. The van der Waals surface area contributed by atoms with Gasteiger partial charge in [-0.1, -0.05) is 6.07 Å². The number of nitrogens with zero attached hydrogens (tertiary/aromatic N) is 1. The number of hydrogen-bond donors (Lipinski definition) is 1. The quantitative estimate of drug-likeness (QED) is 0.640. The van der Waals surface area contributed by atoms with Gasteiger partial charge in [-0.15, -0.1) is 0 Å². The van der Waals surface area contributed by atoms with Crippen molar-refractivity contribution in [3.8, 4) is 0 Å². The lowest BCUT2D eigenvalue weighted by Gasteiger charge is -2.11. The zero-order valence-electron chi connectivity index (χ0n) is 10.7. The highest BCUT2D eigenvalue weighted by molar-refractivity contribution is 5.90. The van der Waals surface area contributed by atoms with Gasteiger partial charge in [0.15, 0.2) is 6.10 Å². The molecular weight excluding hydrogens is 244 g/mol. The Hall–Kier alpha value is -2.17. The van der Waals surface area contributed by atoms with Gasteiger partial charge in [0.05, 0.1) is 5.69 Å². The molecule has 1 N–H and O–H groups in total. The van der Waals surface area contributed by atoms with Crippen LogP contribution in [-0.2, 0) is 14.3 Å². The number of rotatable bonds is 5. The van der Waals surface area contributed by atoms with E-state index in [1.54, 1.807) is 31.3 Å². The van der Waals surface area contributed by atoms with E-state index in [9.17, 15) is 9.59 Å². The summed E-state index contributed by atoms with van der Waals surface area (Å²) in [6.45, 7) is 1.56. The van der Waals surface area contributed by atoms with E-state index < -0.39 is 12.1 Å². The van der Waals surface area contributed by atoms with E-state index in [2.05, 4.69) is 10.3 Å². The van der Waals surface area contributed by atoms with Crippen LogP contribution < -0.4 is 5.32 Å². The number of aromatic nitrogens is 1. The van der Waals surface area contributed by atoms with E-state index in [-0.39, 0.29) is 11.9 Å². The molecule has 5 nitrogen and oxygen atoms in total. The first-order valence-electron chi connectivity index (χ1n) is 6.25. The van der Waals surface area contributed by atoms with Gasteiger partial charge in [0.25, 0.3) is 5.91 Å². The van der Waals surface area contributed by atoms with Crippen molar-refractivity contribution in [1.29, 1.82) is 0 Å². The van der Waals surface area contributed by atoms with E-state index in [1.165, 1.54) is 6.08 Å². The number of ether oxygens (including phenoxy) is 1. The molecule has 0 aliphatic heterocycles. The van der Waals surface area contributed by atoms with E-state index in [0.29, 0.717) is 5.69 Å². The molecule has 1 aromatic heterocycles. The Bertz CT molecular complexity index is 481. The van der Waals surface area contributed by atoms with Gasteiger partial charge in [0.2, 0.25) is 0 Å². The van der Waals surface area contributed by atoms with Crippen LogP contribution in [0.3, 0.4) is 0 Å². The summed E-state index contributed by atoms with van der Waals surface area (Å²) < 4.78 is 5.00. The SMILES string of the molecule is C[C@@H](OC(=O)/C=C/c1ccccn1)C(=O)NC1CC1. The molecule has 19 heavy (non-hydrogen) atoms. The van der Waals surface area contributed by atoms with Crippen molar-refractivity contribution in [2.24, 2.45) is 0 Å². The Morgan fingerprint density at radius 3 is 2.89 bits per heavy atom. The fourth-order valence-electron chi connectivity index (χ4n) is 1.44. The minimum absolute atomic E-state index is 0.248. The summed E-state index contributed by atoms with van der Waals surface area (Å²) in [6, 6.07) is 5.65. The van der Waals surface area contributed by atoms with Crippen molar-refractivity contribution in [2.75, 3.05) is 0 Å². The Kier molecular flexibility index (Phi) is 4.28. The molecule has 0 unspecified atom stereocenters. The molecule has 1 aliphatic carbocycles. The van der Waals surface area contributed by atoms with Crippen LogP contribution in [0.5, 0.6) is 0 Å². The third-order valence-electron chi connectivity index (χ3n) is 2.66. The summed E-state index contributed by atoms with van der Waals surface area (Å²) in [7, 11) is 0. The summed E-state index contributed by atoms with van der Waals surface area (Å²) in [5.41, 5.74) is 0.662. The molecule has 0 bridgehead atoms. The molecular formula is C14H16N2O3. The van der Waals surface area contributed by atoms with Gasteiger partial charge < -0.3 is 10.1 Å². The van der Waals surface area contributed by atoms with Crippen LogP contribution in [0.2, 0.25) is 0 Å². The molecule has 0 spiro atoms. The molecule has 2 rings (SSSR count). The van der Waals surface area contributed by atoms with Gasteiger partial charge in [-0.25, -0.2) is 4.79 Å². The van der Waals surface area contributed by atoms with E-state index in [1.807, 2.05) is 6.07 Å². The monoisotopic (exact) mass is 260 g/mol. The normalized spacial score (nSPS) is 16.1. The van der Waals surface area contributed by atoms with E-state index >= 15 is 0 Å². The fourth-order valence-corrected chi connectivity index (χ4v) is 1.44. The average Bonchev–Trinajstić information content (AvgIpc) is 3.21. The number of esters is 1. The first kappa shape index (κ1) is 13.3. The standard InChI is InChI=1S/C14H16N2O3/c1-10(14(18)16-12-5-6-12)19-13(17)8-7-11-4-2-3-9-15-11/h2-4,7-10,12H,5-6H2,1H3,(H,16,18)/b8-7+/t10-/m1/s1. The highest BCUT2D eigenvalue weighted by Gasteiger charge is 2.26. The number of amides is 1. The molecule has 1 fully saturated rings. The van der Waals surface area contributed by atoms with Crippen LogP contribution in [0.15, 0.2) is 30.5 Å². The summed E-state index contributed by atoms with van der Waals surface area (Å²) in [5, 5.41) is 2.78. The second-order valence-electron chi connectivity index (χ2n) is 4.45. The van der Waals surface area contributed by atoms with Crippen LogP contribution in [0, 0.1) is 0 Å². The summed E-state index contributed by atoms with van der Waals surface area (Å²) >= 11 is 0. The third kappa shape index (κ3) is 4.54. The minimum atomic E-state index is -0.776. The maximum Gasteiger partial charge on any atom is 0.331 e. The number of carbonyl (C=O) groups is 2. The van der Waals surface area contributed by atoms with Gasteiger partial charge >= 0.3 is 5.97 Å². The predicted molar refractivity (Wildman–Crippen MR) is 70.0 cm³/mol. The molecule has 5 heteroatoms. The Morgan fingerprint density at radius 2 is 2.26 bits per heavy atom. The van der Waals surface area contributed by atoms with Crippen LogP contribution in [0.4, 0.5) is 0 Å². The fraction of sp³-hybridized carbons (Fsp3) is 0.357. The molecule has 0 aromatic carbocycles. The maximum absolute atomic E-state index is 11.6. The molecule has 0 saturated heterocycles. The third-order valence-corrected chi connectivity index (χ3v) is 2.66. The summed E-state index contributed by atoms with van der Waals surface area (Å²) in [5.74, 6) is -0.800. The smallest absolute Gasteiger partial charge is 0.331 e. The molecule has 1 saturated carbocycles. The van der Waals surface area contributed by atoms with E-state index in [0.717, 1.165) is 12.8 Å². The molecule has 1 amide bonds. The highest BCUT2D eigenvalue weighted by Crippen LogP contribution is 2.18. The van der Waals surface area contributed by atoms with E-state index in [4.69, 9.17) is 4.74 Å². The summed E-state index contributed by atoms with van der Waals surface area (Å²) in [6.07, 6.45) is 5.69. The lowest BCUT2D eigenvalue weighted by atomic mass is 10.3. The van der Waals surface area contributed by atoms with Crippen molar-refractivity contribution >= 4 is 18.0 Å². The minimum Gasteiger partial charge on any atom is -0.449 e. The van der Waals surface area contributed by atoms with Gasteiger partial charge in [-0.3, -0.25) is 9.78 Å². The van der Waals surface area contributed by atoms with Gasteiger partial charge in [-0.2, -0.15) is 0 Å². The Labute approximate surface area is 111 Å². The molecule has 100 valence electrons. The van der Waals surface area contributed by atoms with Crippen LogP contribution >= 0.6 is 0 Å². The lowest BCUT2D eigenvalue weighted by molar-refractivity contribution is -0.150. The van der Waals surface area contributed by atoms with Crippen molar-refractivity contribution in [3.05, 3.63) is 36.2 Å². The Morgan fingerprint density at radius 1 is 1.47 bits per heavy atom. The first-order chi connectivity index (χ1) is 9.15. The molecule has 1 aliphatic rings. The molecule has 1 aromatic rings.